The number of benzene rings is 3. The molecule has 0 aromatic heterocycles. The molecule has 10 heteroatoms. The van der Waals surface area contributed by atoms with E-state index in [9.17, 15) is 4.79 Å². The van der Waals surface area contributed by atoms with Gasteiger partial charge >= 0.3 is 0 Å². The Hall–Kier alpha value is -4.73. The molecular weight excluding hydrogens is 478 g/mol. The summed E-state index contributed by atoms with van der Waals surface area (Å²) < 4.78 is 32.1. The lowest BCUT2D eigenvalue weighted by Crippen LogP contribution is -2.17. The van der Waals surface area contributed by atoms with Crippen molar-refractivity contribution >= 4 is 24.0 Å². The number of carbonyl (C=O) groups excluding carboxylic acids is 1. The molecule has 0 heterocycles. The summed E-state index contributed by atoms with van der Waals surface area (Å²) in [4.78, 5) is 17.4. The minimum absolute atomic E-state index is 0.341. The van der Waals surface area contributed by atoms with Crippen molar-refractivity contribution in [1.29, 1.82) is 0 Å². The molecule has 0 spiro atoms. The van der Waals surface area contributed by atoms with Crippen LogP contribution in [0.4, 0.5) is 5.69 Å². The van der Waals surface area contributed by atoms with Crippen molar-refractivity contribution in [3.63, 3.8) is 0 Å². The van der Waals surface area contributed by atoms with Crippen LogP contribution in [-0.4, -0.2) is 61.0 Å². The zero-order chi connectivity index (χ0) is 26.8. The van der Waals surface area contributed by atoms with Crippen LogP contribution in [0.15, 0.2) is 58.6 Å². The van der Waals surface area contributed by atoms with Gasteiger partial charge in [0.15, 0.2) is 23.0 Å². The van der Waals surface area contributed by atoms with Crippen LogP contribution in [0.1, 0.15) is 21.5 Å². The van der Waals surface area contributed by atoms with E-state index in [1.807, 2.05) is 0 Å². The Balaban J connectivity index is 1.81. The standard InChI is InChI=1S/C27H29N3O7/c1-32-21-11-17(12-22(33-2)25(21)36-5)15-28-20-10-8-7-9-19(20)27(31)30-29-16-18-13-23(34-3)26(37-6)24(14-18)35-4/h7-16H,1-6H3,(H,30,31)/b28-15?,29-16+. The molecule has 0 fully saturated rings. The second-order valence-corrected chi connectivity index (χ2v) is 7.39. The summed E-state index contributed by atoms with van der Waals surface area (Å²) in [7, 11) is 9.18. The molecule has 0 aliphatic carbocycles. The smallest absolute Gasteiger partial charge is 0.273 e. The van der Waals surface area contributed by atoms with Crippen molar-refractivity contribution in [2.24, 2.45) is 10.1 Å². The number of hydrogen-bond donors (Lipinski definition) is 1. The van der Waals surface area contributed by atoms with Crippen molar-refractivity contribution in [2.45, 2.75) is 0 Å². The van der Waals surface area contributed by atoms with Crippen LogP contribution < -0.4 is 33.8 Å². The number of methoxy groups -OCH3 is 6. The monoisotopic (exact) mass is 507 g/mol. The molecule has 0 bridgehead atoms. The highest BCUT2D eigenvalue weighted by Crippen LogP contribution is 2.38. The molecule has 10 nitrogen and oxygen atoms in total. The Bertz CT molecular complexity index is 1250. The summed E-state index contributed by atoms with van der Waals surface area (Å²) in [6.07, 6.45) is 3.08. The molecule has 3 rings (SSSR count). The van der Waals surface area contributed by atoms with Crippen molar-refractivity contribution in [3.05, 3.63) is 65.2 Å². The van der Waals surface area contributed by atoms with Crippen molar-refractivity contribution in [3.8, 4) is 34.5 Å². The highest BCUT2D eigenvalue weighted by Gasteiger charge is 2.14. The quantitative estimate of drug-likeness (QED) is 0.305. The highest BCUT2D eigenvalue weighted by atomic mass is 16.5. The highest BCUT2D eigenvalue weighted by molar-refractivity contribution is 6.00. The van der Waals surface area contributed by atoms with E-state index in [1.54, 1.807) is 54.7 Å². The van der Waals surface area contributed by atoms with Crippen molar-refractivity contribution in [2.75, 3.05) is 42.7 Å². The minimum Gasteiger partial charge on any atom is -0.493 e. The molecule has 37 heavy (non-hydrogen) atoms. The number of hydrazone groups is 1. The van der Waals surface area contributed by atoms with E-state index in [-0.39, 0.29) is 0 Å². The largest absolute Gasteiger partial charge is 0.493 e. The first-order valence-corrected chi connectivity index (χ1v) is 11.1. The second-order valence-electron chi connectivity index (χ2n) is 7.39. The molecule has 1 amide bonds. The number of carbonyl (C=O) groups is 1. The fraction of sp³-hybridized carbons (Fsp3) is 0.222. The summed E-state index contributed by atoms with van der Waals surface area (Å²) >= 11 is 0. The third-order valence-electron chi connectivity index (χ3n) is 5.26. The predicted molar refractivity (Wildman–Crippen MR) is 141 cm³/mol. The molecule has 0 radical (unpaired) electrons. The van der Waals surface area contributed by atoms with Gasteiger partial charge in [0.05, 0.1) is 60.1 Å². The van der Waals surface area contributed by atoms with Crippen molar-refractivity contribution < 1.29 is 33.2 Å². The number of nitrogens with zero attached hydrogens (tertiary/aromatic N) is 2. The molecule has 3 aromatic carbocycles. The molecule has 0 saturated carbocycles. The number of aliphatic imine (C=N–C) groups is 1. The molecule has 0 aliphatic rings. The number of hydrogen-bond acceptors (Lipinski definition) is 9. The Labute approximate surface area is 215 Å². The Morgan fingerprint density at radius 3 is 1.59 bits per heavy atom. The summed E-state index contributed by atoms with van der Waals surface area (Å²) in [5.74, 6) is 2.45. The van der Waals surface area contributed by atoms with Crippen LogP contribution in [0.25, 0.3) is 0 Å². The predicted octanol–water partition coefficient (Wildman–Crippen LogP) is 4.25. The van der Waals surface area contributed by atoms with E-state index in [0.717, 1.165) is 0 Å². The zero-order valence-corrected chi connectivity index (χ0v) is 21.5. The van der Waals surface area contributed by atoms with E-state index in [0.29, 0.717) is 56.9 Å². The van der Waals surface area contributed by atoms with Crippen molar-refractivity contribution in [1.82, 2.24) is 5.43 Å². The second kappa shape index (κ2) is 12.8. The third kappa shape index (κ3) is 6.29. The SMILES string of the molecule is COc1cc(C=Nc2ccccc2C(=O)N/N=C/c2cc(OC)c(OC)c(OC)c2)cc(OC)c1OC. The van der Waals surface area contributed by atoms with Crippen LogP contribution >= 0.6 is 0 Å². The molecule has 194 valence electrons. The average Bonchev–Trinajstić information content (AvgIpc) is 2.94. The maximum absolute atomic E-state index is 12.9. The van der Waals surface area contributed by atoms with Gasteiger partial charge in [-0.3, -0.25) is 9.79 Å². The molecule has 0 aliphatic heterocycles. The van der Waals surface area contributed by atoms with E-state index >= 15 is 0 Å². The Morgan fingerprint density at radius 1 is 0.676 bits per heavy atom. The van der Waals surface area contributed by atoms with Gasteiger partial charge in [-0.2, -0.15) is 5.10 Å². The number of nitrogens with one attached hydrogen (secondary N) is 1. The summed E-state index contributed by atoms with van der Waals surface area (Å²) in [5.41, 5.74) is 4.67. The van der Waals surface area contributed by atoms with Gasteiger partial charge in [0.1, 0.15) is 0 Å². The minimum atomic E-state index is -0.429. The molecule has 3 aromatic rings. The fourth-order valence-corrected chi connectivity index (χ4v) is 3.50. The zero-order valence-electron chi connectivity index (χ0n) is 21.5. The molecule has 1 N–H and O–H groups in total. The first-order valence-electron chi connectivity index (χ1n) is 11.1. The number of para-hydroxylation sites is 1. The average molecular weight is 508 g/mol. The lowest BCUT2D eigenvalue weighted by molar-refractivity contribution is 0.0956. The molecule has 0 atom stereocenters. The molecule has 0 saturated heterocycles. The van der Waals surface area contributed by atoms with E-state index in [2.05, 4.69) is 15.5 Å². The first-order chi connectivity index (χ1) is 18.0. The number of amides is 1. The molecule has 0 unspecified atom stereocenters. The van der Waals surface area contributed by atoms with Gasteiger partial charge in [-0.25, -0.2) is 5.43 Å². The van der Waals surface area contributed by atoms with Crippen LogP contribution in [0, 0.1) is 0 Å². The van der Waals surface area contributed by atoms with E-state index in [1.165, 1.54) is 48.9 Å². The van der Waals surface area contributed by atoms with Crippen LogP contribution in [0.2, 0.25) is 0 Å². The van der Waals surface area contributed by atoms with Crippen LogP contribution in [0.3, 0.4) is 0 Å². The van der Waals surface area contributed by atoms with Gasteiger partial charge in [-0.05, 0) is 36.4 Å². The third-order valence-corrected chi connectivity index (χ3v) is 5.26. The van der Waals surface area contributed by atoms with Crippen LogP contribution in [0.5, 0.6) is 34.5 Å². The molecular formula is C27H29N3O7. The number of rotatable bonds is 11. The topological polar surface area (TPSA) is 109 Å². The van der Waals surface area contributed by atoms with Gasteiger partial charge < -0.3 is 28.4 Å². The van der Waals surface area contributed by atoms with Crippen LogP contribution in [-0.2, 0) is 0 Å². The summed E-state index contributed by atoms with van der Waals surface area (Å²) in [6, 6.07) is 13.9. The van der Waals surface area contributed by atoms with E-state index in [4.69, 9.17) is 28.4 Å². The Morgan fingerprint density at radius 2 is 1.14 bits per heavy atom. The lowest BCUT2D eigenvalue weighted by atomic mass is 10.1. The lowest BCUT2D eigenvalue weighted by Gasteiger charge is -2.12. The van der Waals surface area contributed by atoms with Gasteiger partial charge in [-0.15, -0.1) is 0 Å². The fourth-order valence-electron chi connectivity index (χ4n) is 3.50. The normalized spacial score (nSPS) is 10.9. The van der Waals surface area contributed by atoms with E-state index < -0.39 is 5.91 Å². The maximum atomic E-state index is 12.9. The van der Waals surface area contributed by atoms with Gasteiger partial charge in [0.25, 0.3) is 5.91 Å². The maximum Gasteiger partial charge on any atom is 0.273 e. The Kier molecular flexibility index (Phi) is 9.31. The summed E-state index contributed by atoms with van der Waals surface area (Å²) in [5, 5.41) is 4.07. The number of ether oxygens (including phenoxy) is 6. The summed E-state index contributed by atoms with van der Waals surface area (Å²) in [6.45, 7) is 0. The van der Waals surface area contributed by atoms with Gasteiger partial charge in [0.2, 0.25) is 11.5 Å². The van der Waals surface area contributed by atoms with Gasteiger partial charge in [-0.1, -0.05) is 12.1 Å². The first kappa shape index (κ1) is 26.9. The van der Waals surface area contributed by atoms with Gasteiger partial charge in [0, 0.05) is 17.3 Å².